The van der Waals surface area contributed by atoms with E-state index in [4.69, 9.17) is 0 Å². The summed E-state index contributed by atoms with van der Waals surface area (Å²) in [5.41, 5.74) is 5.31. The Bertz CT molecular complexity index is 913. The highest BCUT2D eigenvalue weighted by Gasteiger charge is 2.27. The van der Waals surface area contributed by atoms with E-state index in [2.05, 4.69) is 32.3 Å². The fraction of sp³-hybridized carbons (Fsp3) is 0.278. The lowest BCUT2D eigenvalue weighted by atomic mass is 10.0. The van der Waals surface area contributed by atoms with Crippen LogP contribution >= 0.6 is 0 Å². The van der Waals surface area contributed by atoms with Gasteiger partial charge in [-0.25, -0.2) is 4.79 Å². The number of aromatic amines is 1. The van der Waals surface area contributed by atoms with Gasteiger partial charge in [0.15, 0.2) is 5.69 Å². The molecule has 0 saturated carbocycles. The van der Waals surface area contributed by atoms with E-state index in [-0.39, 0.29) is 5.69 Å². The molecular weight excluding hydrogens is 318 g/mol. The van der Waals surface area contributed by atoms with Crippen molar-refractivity contribution in [3.05, 3.63) is 59.0 Å². The highest BCUT2D eigenvalue weighted by Crippen LogP contribution is 2.26. The fourth-order valence-electron chi connectivity index (χ4n) is 3.46. The van der Waals surface area contributed by atoms with Crippen LogP contribution in [0.1, 0.15) is 27.3 Å². The van der Waals surface area contributed by atoms with Crippen LogP contribution in [0.4, 0.5) is 0 Å². The van der Waals surface area contributed by atoms with Gasteiger partial charge in [-0.1, -0.05) is 30.3 Å². The molecule has 4 rings (SSSR count). The third-order valence-electron chi connectivity index (χ3n) is 4.70. The number of benzene rings is 1. The molecule has 0 unspecified atom stereocenters. The summed E-state index contributed by atoms with van der Waals surface area (Å²) < 4.78 is 1.69. The predicted octanol–water partition coefficient (Wildman–Crippen LogP) is 2.07. The molecule has 3 aromatic rings. The first-order valence-electron chi connectivity index (χ1n) is 8.21. The zero-order valence-corrected chi connectivity index (χ0v) is 13.9. The number of nitrogens with one attached hydrogen (secondary N) is 1. The van der Waals surface area contributed by atoms with Gasteiger partial charge in [-0.15, -0.1) is 0 Å². The molecule has 2 aromatic heterocycles. The maximum atomic E-state index is 11.3. The molecule has 0 amide bonds. The van der Waals surface area contributed by atoms with Gasteiger partial charge >= 0.3 is 5.97 Å². The topological polar surface area (TPSA) is 87.0 Å². The number of aromatic carboxylic acids is 1. The molecule has 0 fully saturated rings. The Morgan fingerprint density at radius 3 is 2.88 bits per heavy atom. The second-order valence-corrected chi connectivity index (χ2v) is 6.30. The number of hydrogen-bond donors (Lipinski definition) is 2. The van der Waals surface area contributed by atoms with Crippen molar-refractivity contribution in [2.45, 2.75) is 19.5 Å². The Balaban J connectivity index is 1.57. The van der Waals surface area contributed by atoms with Gasteiger partial charge in [-0.2, -0.15) is 10.2 Å². The molecule has 3 heterocycles. The molecular formula is C18H19N5O2. The molecule has 0 aliphatic carbocycles. The lowest BCUT2D eigenvalue weighted by Gasteiger charge is -2.27. The van der Waals surface area contributed by atoms with Crippen LogP contribution in [-0.4, -0.2) is 42.5 Å². The van der Waals surface area contributed by atoms with Crippen molar-refractivity contribution in [1.29, 1.82) is 0 Å². The van der Waals surface area contributed by atoms with Gasteiger partial charge in [-0.3, -0.25) is 14.7 Å². The molecule has 2 N–H and O–H groups in total. The minimum absolute atomic E-state index is 0.186. The van der Waals surface area contributed by atoms with Crippen molar-refractivity contribution < 1.29 is 9.90 Å². The molecule has 1 aliphatic heterocycles. The molecule has 7 heteroatoms. The standard InChI is InChI=1S/C18H19N5O2/c1-22-15-11-23(8-7-14(15)17(21-22)18(24)25)10-13-9-19-20-16(13)12-5-3-2-4-6-12/h2-6,9H,7-8,10-11H2,1H3,(H,19,20)(H,24,25). The van der Waals surface area contributed by atoms with Crippen LogP contribution in [0.25, 0.3) is 11.3 Å². The van der Waals surface area contributed by atoms with Gasteiger partial charge in [-0.05, 0) is 12.0 Å². The van der Waals surface area contributed by atoms with Gasteiger partial charge in [0.1, 0.15) is 0 Å². The van der Waals surface area contributed by atoms with Crippen molar-refractivity contribution in [2.75, 3.05) is 6.54 Å². The number of fused-ring (bicyclic) bond motifs is 1. The van der Waals surface area contributed by atoms with Crippen molar-refractivity contribution in [2.24, 2.45) is 7.05 Å². The molecule has 25 heavy (non-hydrogen) atoms. The Labute approximate surface area is 144 Å². The average molecular weight is 337 g/mol. The maximum absolute atomic E-state index is 11.3. The second-order valence-electron chi connectivity index (χ2n) is 6.30. The van der Waals surface area contributed by atoms with Gasteiger partial charge < -0.3 is 5.11 Å². The molecule has 0 spiro atoms. The molecule has 1 aromatic carbocycles. The van der Waals surface area contributed by atoms with E-state index in [0.717, 1.165) is 41.2 Å². The number of nitrogens with zero attached hydrogens (tertiary/aromatic N) is 4. The Hall–Kier alpha value is -2.93. The average Bonchev–Trinajstić information content (AvgIpc) is 3.21. The van der Waals surface area contributed by atoms with Gasteiger partial charge in [0.25, 0.3) is 0 Å². The summed E-state index contributed by atoms with van der Waals surface area (Å²) in [6.07, 6.45) is 2.56. The zero-order valence-electron chi connectivity index (χ0n) is 13.9. The highest BCUT2D eigenvalue weighted by atomic mass is 16.4. The summed E-state index contributed by atoms with van der Waals surface area (Å²) in [6.45, 7) is 2.25. The second kappa shape index (κ2) is 6.18. The number of aryl methyl sites for hydroxylation is 1. The van der Waals surface area contributed by atoms with E-state index in [1.807, 2.05) is 31.4 Å². The summed E-state index contributed by atoms with van der Waals surface area (Å²) in [4.78, 5) is 13.6. The third-order valence-corrected chi connectivity index (χ3v) is 4.70. The predicted molar refractivity (Wildman–Crippen MR) is 92.0 cm³/mol. The minimum Gasteiger partial charge on any atom is -0.476 e. The first-order valence-corrected chi connectivity index (χ1v) is 8.21. The van der Waals surface area contributed by atoms with Crippen LogP contribution < -0.4 is 0 Å². The first kappa shape index (κ1) is 15.6. The SMILES string of the molecule is Cn1nc(C(=O)O)c2c1CN(Cc1cn[nH]c1-c1ccccc1)CC2. The highest BCUT2D eigenvalue weighted by molar-refractivity contribution is 5.87. The van der Waals surface area contributed by atoms with E-state index in [0.29, 0.717) is 13.0 Å². The Morgan fingerprint density at radius 2 is 2.12 bits per heavy atom. The molecule has 1 aliphatic rings. The van der Waals surface area contributed by atoms with Crippen molar-refractivity contribution in [3.8, 4) is 11.3 Å². The number of aromatic nitrogens is 4. The van der Waals surface area contributed by atoms with E-state index in [9.17, 15) is 9.90 Å². The van der Waals surface area contributed by atoms with Crippen LogP contribution in [-0.2, 0) is 26.6 Å². The largest absolute Gasteiger partial charge is 0.476 e. The third kappa shape index (κ3) is 2.83. The number of H-pyrrole nitrogens is 1. The number of carbonyl (C=O) groups is 1. The number of rotatable bonds is 4. The van der Waals surface area contributed by atoms with Crippen LogP contribution in [0.3, 0.4) is 0 Å². The van der Waals surface area contributed by atoms with Gasteiger partial charge in [0.2, 0.25) is 0 Å². The monoisotopic (exact) mass is 337 g/mol. The smallest absolute Gasteiger partial charge is 0.356 e. The van der Waals surface area contributed by atoms with E-state index in [1.165, 1.54) is 0 Å². The van der Waals surface area contributed by atoms with Crippen LogP contribution in [0.5, 0.6) is 0 Å². The van der Waals surface area contributed by atoms with Crippen LogP contribution in [0.2, 0.25) is 0 Å². The number of carboxylic acids is 1. The first-order chi connectivity index (χ1) is 12.1. The fourth-order valence-corrected chi connectivity index (χ4v) is 3.46. The van der Waals surface area contributed by atoms with Gasteiger partial charge in [0, 0.05) is 37.8 Å². The van der Waals surface area contributed by atoms with Crippen LogP contribution in [0, 0.1) is 0 Å². The van der Waals surface area contributed by atoms with E-state index in [1.54, 1.807) is 4.68 Å². The molecule has 128 valence electrons. The molecule has 0 atom stereocenters. The van der Waals surface area contributed by atoms with Crippen molar-refractivity contribution in [1.82, 2.24) is 24.9 Å². The minimum atomic E-state index is -0.952. The van der Waals surface area contributed by atoms with Crippen molar-refractivity contribution >= 4 is 5.97 Å². The maximum Gasteiger partial charge on any atom is 0.356 e. The Kier molecular flexibility index (Phi) is 3.85. The summed E-state index contributed by atoms with van der Waals surface area (Å²) in [5, 5.41) is 20.7. The molecule has 7 nitrogen and oxygen atoms in total. The number of carboxylic acid groups (broad SMARTS) is 1. The summed E-state index contributed by atoms with van der Waals surface area (Å²) in [5.74, 6) is -0.952. The van der Waals surface area contributed by atoms with Crippen LogP contribution in [0.15, 0.2) is 36.5 Å². The lowest BCUT2D eigenvalue weighted by molar-refractivity contribution is 0.0688. The van der Waals surface area contributed by atoms with Crippen molar-refractivity contribution in [3.63, 3.8) is 0 Å². The van der Waals surface area contributed by atoms with Gasteiger partial charge in [0.05, 0.1) is 17.6 Å². The number of hydrogen-bond acceptors (Lipinski definition) is 4. The Morgan fingerprint density at radius 1 is 1.32 bits per heavy atom. The molecule has 0 radical (unpaired) electrons. The quantitative estimate of drug-likeness (QED) is 0.761. The zero-order chi connectivity index (χ0) is 17.4. The summed E-state index contributed by atoms with van der Waals surface area (Å²) >= 11 is 0. The molecule has 0 bridgehead atoms. The summed E-state index contributed by atoms with van der Waals surface area (Å²) in [6, 6.07) is 10.1. The van der Waals surface area contributed by atoms with E-state index >= 15 is 0 Å². The lowest BCUT2D eigenvalue weighted by Crippen LogP contribution is -2.31. The molecule has 0 saturated heterocycles. The van der Waals surface area contributed by atoms with E-state index < -0.39 is 5.97 Å². The normalized spacial score (nSPS) is 14.4. The summed E-state index contributed by atoms with van der Waals surface area (Å²) in [7, 11) is 1.81.